The number of aromatic nitrogens is 4. The maximum atomic E-state index is 13.5. The van der Waals surface area contributed by atoms with Crippen LogP contribution < -0.4 is 0 Å². The van der Waals surface area contributed by atoms with Gasteiger partial charge in [-0.2, -0.15) is 0 Å². The Labute approximate surface area is 213 Å². The molecule has 0 atom stereocenters. The number of rotatable bonds is 5. The number of benzene rings is 3. The molecule has 0 saturated carbocycles. The summed E-state index contributed by atoms with van der Waals surface area (Å²) in [5.41, 5.74) is 10.0. The van der Waals surface area contributed by atoms with Crippen molar-refractivity contribution in [1.82, 2.24) is 18.9 Å². The van der Waals surface area contributed by atoms with E-state index in [4.69, 9.17) is 9.97 Å². The van der Waals surface area contributed by atoms with Crippen LogP contribution in [0, 0.1) is 27.7 Å². The number of thioether (sulfide) groups is 1. The third kappa shape index (κ3) is 3.60. The monoisotopic (exact) mass is 490 g/mol. The van der Waals surface area contributed by atoms with Gasteiger partial charge in [-0.25, -0.2) is 9.97 Å². The van der Waals surface area contributed by atoms with Crippen molar-refractivity contribution >= 4 is 45.1 Å². The maximum absolute atomic E-state index is 13.5. The molecule has 0 aliphatic rings. The van der Waals surface area contributed by atoms with Gasteiger partial charge in [0.25, 0.3) is 0 Å². The SMILES string of the molecule is Cc1ccc(-n2c(C)cc(C(=O)CSc3nc4ccccc4c4nc5ccccc5n34)c2C)cc1C. The second kappa shape index (κ2) is 8.64. The highest BCUT2D eigenvalue weighted by Gasteiger charge is 2.19. The first kappa shape index (κ1) is 22.6. The smallest absolute Gasteiger partial charge is 0.175 e. The number of fused-ring (bicyclic) bond motifs is 5. The summed E-state index contributed by atoms with van der Waals surface area (Å²) in [5, 5.41) is 1.77. The number of aryl methyl sites for hydroxylation is 3. The molecule has 0 aliphatic carbocycles. The molecule has 0 fully saturated rings. The number of carbonyl (C=O) groups is 1. The first-order chi connectivity index (χ1) is 17.4. The van der Waals surface area contributed by atoms with Crippen LogP contribution in [0.1, 0.15) is 32.9 Å². The first-order valence-electron chi connectivity index (χ1n) is 12.0. The average Bonchev–Trinajstić information content (AvgIpc) is 3.41. The van der Waals surface area contributed by atoms with Crippen molar-refractivity contribution in [3.05, 3.63) is 101 Å². The lowest BCUT2D eigenvalue weighted by Gasteiger charge is -2.12. The van der Waals surface area contributed by atoms with Gasteiger partial charge in [0, 0.05) is 28.0 Å². The zero-order valence-corrected chi connectivity index (χ0v) is 21.6. The quantitative estimate of drug-likeness (QED) is 0.148. The standard InChI is InChI=1S/C30H26N4OS/c1-18-13-14-22(15-19(18)2)33-20(3)16-24(21(33)4)28(35)17-36-30-32-25-10-6-5-9-23(25)29-31-26-11-7-8-12-27(26)34(29)30/h5-16H,17H2,1-4H3. The molecule has 0 unspecified atom stereocenters. The molecule has 36 heavy (non-hydrogen) atoms. The highest BCUT2D eigenvalue weighted by molar-refractivity contribution is 7.99. The average molecular weight is 491 g/mol. The van der Waals surface area contributed by atoms with E-state index in [1.165, 1.54) is 22.9 Å². The lowest BCUT2D eigenvalue weighted by molar-refractivity contribution is 0.102. The van der Waals surface area contributed by atoms with Gasteiger partial charge in [-0.3, -0.25) is 9.20 Å². The Kier molecular flexibility index (Phi) is 5.41. The lowest BCUT2D eigenvalue weighted by Crippen LogP contribution is -2.07. The Balaban J connectivity index is 1.38. The third-order valence-electron chi connectivity index (χ3n) is 6.93. The summed E-state index contributed by atoms with van der Waals surface area (Å²) in [6, 6.07) is 24.5. The zero-order valence-electron chi connectivity index (χ0n) is 20.7. The Morgan fingerprint density at radius 1 is 0.833 bits per heavy atom. The highest BCUT2D eigenvalue weighted by atomic mass is 32.2. The normalized spacial score (nSPS) is 11.7. The highest BCUT2D eigenvalue weighted by Crippen LogP contribution is 2.30. The van der Waals surface area contributed by atoms with Crippen LogP contribution in [-0.2, 0) is 0 Å². The van der Waals surface area contributed by atoms with Crippen LogP contribution in [0.25, 0.3) is 33.3 Å². The number of imidazole rings is 1. The maximum Gasteiger partial charge on any atom is 0.175 e. The van der Waals surface area contributed by atoms with Gasteiger partial charge >= 0.3 is 0 Å². The molecule has 0 aliphatic heterocycles. The molecule has 3 heterocycles. The minimum Gasteiger partial charge on any atom is -0.318 e. The molecular formula is C30H26N4OS. The van der Waals surface area contributed by atoms with Crippen molar-refractivity contribution in [2.45, 2.75) is 32.9 Å². The topological polar surface area (TPSA) is 52.2 Å². The Morgan fingerprint density at radius 3 is 2.39 bits per heavy atom. The van der Waals surface area contributed by atoms with Gasteiger partial charge in [-0.1, -0.05) is 42.1 Å². The van der Waals surface area contributed by atoms with Crippen LogP contribution in [0.4, 0.5) is 0 Å². The Morgan fingerprint density at radius 2 is 1.58 bits per heavy atom. The number of ketones is 1. The largest absolute Gasteiger partial charge is 0.318 e. The summed E-state index contributed by atoms with van der Waals surface area (Å²) in [5.74, 6) is 0.389. The molecule has 3 aromatic carbocycles. The summed E-state index contributed by atoms with van der Waals surface area (Å²) in [6.07, 6.45) is 0. The van der Waals surface area contributed by atoms with Gasteiger partial charge in [0.15, 0.2) is 10.9 Å². The summed E-state index contributed by atoms with van der Waals surface area (Å²) in [4.78, 5) is 23.3. The molecule has 0 radical (unpaired) electrons. The van der Waals surface area contributed by atoms with E-state index in [0.29, 0.717) is 5.75 Å². The van der Waals surface area contributed by atoms with Crippen LogP contribution in [-0.4, -0.2) is 30.5 Å². The molecule has 0 bridgehead atoms. The van der Waals surface area contributed by atoms with Crippen molar-refractivity contribution < 1.29 is 4.79 Å². The fourth-order valence-corrected chi connectivity index (χ4v) is 5.82. The molecule has 6 aromatic rings. The minimum absolute atomic E-state index is 0.0933. The van der Waals surface area contributed by atoms with Crippen molar-refractivity contribution in [1.29, 1.82) is 0 Å². The molecule has 6 heteroatoms. The summed E-state index contributed by atoms with van der Waals surface area (Å²) < 4.78 is 4.24. The van der Waals surface area contributed by atoms with Gasteiger partial charge in [-0.15, -0.1) is 0 Å². The summed E-state index contributed by atoms with van der Waals surface area (Å²) >= 11 is 1.46. The minimum atomic E-state index is 0.0933. The second-order valence-corrected chi connectivity index (χ2v) is 10.2. The van der Waals surface area contributed by atoms with E-state index in [9.17, 15) is 4.79 Å². The van der Waals surface area contributed by atoms with Crippen molar-refractivity contribution in [2.24, 2.45) is 0 Å². The second-order valence-electron chi connectivity index (χ2n) is 9.27. The van der Waals surface area contributed by atoms with Gasteiger partial charge in [0.1, 0.15) is 5.65 Å². The van der Waals surface area contributed by atoms with E-state index in [-0.39, 0.29) is 5.78 Å². The molecule has 6 rings (SSSR count). The van der Waals surface area contributed by atoms with E-state index in [1.807, 2.05) is 55.5 Å². The molecule has 0 amide bonds. The molecule has 3 aromatic heterocycles. The first-order valence-corrected chi connectivity index (χ1v) is 13.0. The van der Waals surface area contributed by atoms with Crippen molar-refractivity contribution in [3.8, 4) is 5.69 Å². The van der Waals surface area contributed by atoms with E-state index in [2.05, 4.69) is 54.0 Å². The van der Waals surface area contributed by atoms with E-state index < -0.39 is 0 Å². The molecule has 178 valence electrons. The molecule has 5 nitrogen and oxygen atoms in total. The number of Topliss-reactive ketones (excluding diaryl/α,β-unsaturated/α-hetero) is 1. The molecular weight excluding hydrogens is 464 g/mol. The van der Waals surface area contributed by atoms with E-state index >= 15 is 0 Å². The Bertz CT molecular complexity index is 1810. The fraction of sp³-hybridized carbons (Fsp3) is 0.167. The number of hydrogen-bond donors (Lipinski definition) is 0. The van der Waals surface area contributed by atoms with Crippen molar-refractivity contribution in [3.63, 3.8) is 0 Å². The molecule has 0 spiro atoms. The van der Waals surface area contributed by atoms with Crippen LogP contribution in [0.5, 0.6) is 0 Å². The van der Waals surface area contributed by atoms with Gasteiger partial charge in [0.05, 0.1) is 22.3 Å². The zero-order chi connectivity index (χ0) is 25.0. The number of para-hydroxylation sites is 3. The predicted octanol–water partition coefficient (Wildman–Crippen LogP) is 7.04. The van der Waals surface area contributed by atoms with Crippen LogP contribution in [0.15, 0.2) is 78.0 Å². The lowest BCUT2D eigenvalue weighted by atomic mass is 10.1. The van der Waals surface area contributed by atoms with Crippen LogP contribution in [0.3, 0.4) is 0 Å². The van der Waals surface area contributed by atoms with Gasteiger partial charge in [0.2, 0.25) is 0 Å². The molecule has 0 saturated heterocycles. The number of nitrogens with zero attached hydrogens (tertiary/aromatic N) is 4. The molecule has 0 N–H and O–H groups in total. The fourth-order valence-electron chi connectivity index (χ4n) is 4.93. The van der Waals surface area contributed by atoms with Crippen LogP contribution in [0.2, 0.25) is 0 Å². The predicted molar refractivity (Wildman–Crippen MR) is 148 cm³/mol. The van der Waals surface area contributed by atoms with Crippen molar-refractivity contribution in [2.75, 3.05) is 5.75 Å². The number of carbonyl (C=O) groups excluding carboxylic acids is 1. The summed E-state index contributed by atoms with van der Waals surface area (Å²) in [7, 11) is 0. The Hall–Kier alpha value is -3.90. The van der Waals surface area contributed by atoms with E-state index in [0.717, 1.165) is 55.4 Å². The van der Waals surface area contributed by atoms with Gasteiger partial charge in [-0.05, 0) is 81.3 Å². The van der Waals surface area contributed by atoms with E-state index in [1.54, 1.807) is 0 Å². The van der Waals surface area contributed by atoms with Gasteiger partial charge < -0.3 is 4.57 Å². The summed E-state index contributed by atoms with van der Waals surface area (Å²) in [6.45, 7) is 8.31. The third-order valence-corrected chi connectivity index (χ3v) is 7.86. The number of hydrogen-bond acceptors (Lipinski definition) is 4. The van der Waals surface area contributed by atoms with Crippen LogP contribution >= 0.6 is 11.8 Å².